The van der Waals surface area contributed by atoms with E-state index in [0.29, 0.717) is 24.8 Å². The van der Waals surface area contributed by atoms with E-state index in [-0.39, 0.29) is 53.2 Å². The summed E-state index contributed by atoms with van der Waals surface area (Å²) in [7, 11) is 0. The molecule has 3 fully saturated rings. The number of pyridine rings is 1. The van der Waals surface area contributed by atoms with Crippen LogP contribution >= 0.6 is 12.4 Å². The molecule has 7 rings (SSSR count). The van der Waals surface area contributed by atoms with Gasteiger partial charge in [-0.3, -0.25) is 9.78 Å². The molecule has 2 saturated heterocycles. The normalized spacial score (nSPS) is 22.5. The molecule has 3 aliphatic heterocycles. The number of carbonyl (C=O) groups is 1. The zero-order valence-electron chi connectivity index (χ0n) is 23.6. The lowest BCUT2D eigenvalue weighted by atomic mass is 9.61. The van der Waals surface area contributed by atoms with Gasteiger partial charge in [0, 0.05) is 43.4 Å². The van der Waals surface area contributed by atoms with Gasteiger partial charge in [0.2, 0.25) is 0 Å². The number of halogens is 2. The van der Waals surface area contributed by atoms with Gasteiger partial charge < -0.3 is 29.3 Å². The minimum Gasteiger partial charge on any atom is -0.490 e. The number of nitrogens with zero attached hydrogens (tertiary/aromatic N) is 5. The third-order valence-corrected chi connectivity index (χ3v) is 8.62. The van der Waals surface area contributed by atoms with Crippen LogP contribution in [0.1, 0.15) is 48.3 Å². The third kappa shape index (κ3) is 5.14. The number of ether oxygens (including phenoxy) is 3. The first kappa shape index (κ1) is 28.6. The molecular formula is C30H34ClFN6O4. The van der Waals surface area contributed by atoms with Gasteiger partial charge in [-0.1, -0.05) is 0 Å². The van der Waals surface area contributed by atoms with Gasteiger partial charge in [-0.2, -0.15) is 0 Å². The molecule has 0 radical (unpaired) electrons. The van der Waals surface area contributed by atoms with Gasteiger partial charge in [-0.15, -0.1) is 12.4 Å². The minimum atomic E-state index is -0.502. The van der Waals surface area contributed by atoms with Crippen molar-refractivity contribution >= 4 is 24.1 Å². The zero-order chi connectivity index (χ0) is 28.1. The van der Waals surface area contributed by atoms with Crippen LogP contribution in [0.25, 0.3) is 0 Å². The highest BCUT2D eigenvalue weighted by Gasteiger charge is 2.54. The van der Waals surface area contributed by atoms with Crippen molar-refractivity contribution in [3.05, 3.63) is 65.6 Å². The van der Waals surface area contributed by atoms with Gasteiger partial charge in [-0.05, 0) is 51.0 Å². The second-order valence-electron chi connectivity index (χ2n) is 11.7. The predicted octanol–water partition coefficient (Wildman–Crippen LogP) is 4.13. The van der Waals surface area contributed by atoms with E-state index in [1.54, 1.807) is 11.1 Å². The summed E-state index contributed by atoms with van der Waals surface area (Å²) in [5.74, 6) is 1.50. The average Bonchev–Trinajstić information content (AvgIpc) is 3.40. The molecule has 1 spiro atoms. The number of hydrogen-bond donors (Lipinski definition) is 1. The molecule has 0 unspecified atom stereocenters. The van der Waals surface area contributed by atoms with E-state index >= 15 is 0 Å². The predicted molar refractivity (Wildman–Crippen MR) is 155 cm³/mol. The Bertz CT molecular complexity index is 1470. The second kappa shape index (κ2) is 11.3. The number of anilines is 1. The highest BCUT2D eigenvalue weighted by Crippen LogP contribution is 2.52. The van der Waals surface area contributed by atoms with Gasteiger partial charge in [0.1, 0.15) is 29.7 Å². The van der Waals surface area contributed by atoms with Crippen LogP contribution in [-0.4, -0.2) is 70.2 Å². The second-order valence-corrected chi connectivity index (χ2v) is 11.7. The lowest BCUT2D eigenvalue weighted by Gasteiger charge is -2.58. The van der Waals surface area contributed by atoms with Gasteiger partial charge in [-0.25, -0.2) is 14.4 Å². The van der Waals surface area contributed by atoms with Crippen LogP contribution in [0.4, 0.5) is 10.2 Å². The maximum absolute atomic E-state index is 14.3. The van der Waals surface area contributed by atoms with E-state index in [1.165, 1.54) is 30.1 Å². The smallest absolute Gasteiger partial charge is 0.258 e. The summed E-state index contributed by atoms with van der Waals surface area (Å²) in [4.78, 5) is 30.6. The third-order valence-electron chi connectivity index (χ3n) is 8.62. The lowest BCUT2D eigenvalue weighted by molar-refractivity contribution is -0.0348. The number of hydrogen-bond acceptors (Lipinski definition) is 9. The Morgan fingerprint density at radius 3 is 2.64 bits per heavy atom. The SMILES string of the molecule is C[C@@H]1COC[C@@H](C)N1C(=O)c1cc(F)ccc1Oc1cncnc1N1CC2(CC(Oc3ccnc4c3CNC4)C2)C1.Cl. The van der Waals surface area contributed by atoms with Crippen molar-refractivity contribution in [3.8, 4) is 17.2 Å². The standard InChI is InChI=1S/C30H33FN6O4.ClH/c1-18-13-39-14-19(2)37(18)29(38)22-7-20(31)3-4-25(22)41-27-12-33-17-35-28(27)36-15-30(16-36)8-21(9-30)40-26-5-6-34-24-11-32-10-23(24)26;/h3-7,12,17-19,21,32H,8-11,13-16H2,1-2H3;1H/t18-,19-;/m1./s1. The minimum absolute atomic E-state index is 0. The number of carbonyl (C=O) groups excluding carboxylic acids is 1. The van der Waals surface area contributed by atoms with E-state index < -0.39 is 5.82 Å². The summed E-state index contributed by atoms with van der Waals surface area (Å²) >= 11 is 0. The largest absolute Gasteiger partial charge is 0.490 e. The first-order valence-electron chi connectivity index (χ1n) is 14.2. The van der Waals surface area contributed by atoms with Crippen LogP contribution in [0.3, 0.4) is 0 Å². The molecule has 4 aliphatic rings. The van der Waals surface area contributed by atoms with Crippen LogP contribution in [0, 0.1) is 11.2 Å². The van der Waals surface area contributed by atoms with E-state index in [2.05, 4.69) is 25.2 Å². The molecule has 1 N–H and O–H groups in total. The van der Waals surface area contributed by atoms with Crippen molar-refractivity contribution in [1.82, 2.24) is 25.2 Å². The molecule has 3 aromatic rings. The highest BCUT2D eigenvalue weighted by atomic mass is 35.5. The van der Waals surface area contributed by atoms with Crippen LogP contribution in [0.5, 0.6) is 17.2 Å². The van der Waals surface area contributed by atoms with Crippen LogP contribution in [0.2, 0.25) is 0 Å². The average molecular weight is 597 g/mol. The fourth-order valence-electron chi connectivity index (χ4n) is 6.65. The first-order chi connectivity index (χ1) is 19.9. The molecule has 42 heavy (non-hydrogen) atoms. The van der Waals surface area contributed by atoms with Crippen LogP contribution in [-0.2, 0) is 17.8 Å². The Kier molecular flexibility index (Phi) is 7.67. The van der Waals surface area contributed by atoms with Crippen molar-refractivity contribution in [1.29, 1.82) is 0 Å². The molecule has 1 saturated carbocycles. The van der Waals surface area contributed by atoms with E-state index in [9.17, 15) is 9.18 Å². The Hall–Kier alpha value is -3.54. The molecule has 2 atom stereocenters. The first-order valence-corrected chi connectivity index (χ1v) is 14.2. The molecule has 222 valence electrons. The van der Waals surface area contributed by atoms with Crippen molar-refractivity contribution in [2.75, 3.05) is 31.2 Å². The Balaban J connectivity index is 0.00000316. The van der Waals surface area contributed by atoms with Gasteiger partial charge in [0.15, 0.2) is 11.6 Å². The van der Waals surface area contributed by atoms with E-state index in [4.69, 9.17) is 14.2 Å². The number of benzene rings is 1. The molecular weight excluding hydrogens is 563 g/mol. The number of morpholine rings is 1. The Labute approximate surface area is 250 Å². The van der Waals surface area contributed by atoms with E-state index in [0.717, 1.165) is 50.5 Å². The Morgan fingerprint density at radius 1 is 1.07 bits per heavy atom. The molecule has 12 heteroatoms. The maximum Gasteiger partial charge on any atom is 0.258 e. The summed E-state index contributed by atoms with van der Waals surface area (Å²) in [6.45, 7) is 7.96. The quantitative estimate of drug-likeness (QED) is 0.450. The molecule has 10 nitrogen and oxygen atoms in total. The van der Waals surface area contributed by atoms with Crippen molar-refractivity contribution < 1.29 is 23.4 Å². The molecule has 1 aliphatic carbocycles. The molecule has 2 aromatic heterocycles. The topological polar surface area (TPSA) is 102 Å². The van der Waals surface area contributed by atoms with Gasteiger partial charge in [0.25, 0.3) is 5.91 Å². The molecule has 1 amide bonds. The number of amides is 1. The highest BCUT2D eigenvalue weighted by molar-refractivity contribution is 5.97. The number of nitrogens with one attached hydrogen (secondary N) is 1. The summed E-state index contributed by atoms with van der Waals surface area (Å²) < 4.78 is 32.5. The van der Waals surface area contributed by atoms with Gasteiger partial charge >= 0.3 is 0 Å². The molecule has 1 aromatic carbocycles. The van der Waals surface area contributed by atoms with E-state index in [1.807, 2.05) is 26.1 Å². The fourth-order valence-corrected chi connectivity index (χ4v) is 6.65. The zero-order valence-corrected chi connectivity index (χ0v) is 24.4. The van der Waals surface area contributed by atoms with Gasteiger partial charge in [0.05, 0.1) is 42.8 Å². The fraction of sp³-hybridized carbons (Fsp3) is 0.467. The molecule has 5 heterocycles. The summed E-state index contributed by atoms with van der Waals surface area (Å²) in [6.07, 6.45) is 7.04. The number of fused-ring (bicyclic) bond motifs is 1. The summed E-state index contributed by atoms with van der Waals surface area (Å²) in [6, 6.07) is 5.71. The number of aromatic nitrogens is 3. The van der Waals surface area contributed by atoms with Crippen molar-refractivity contribution in [2.45, 2.75) is 58.0 Å². The Morgan fingerprint density at radius 2 is 1.86 bits per heavy atom. The summed E-state index contributed by atoms with van der Waals surface area (Å²) in [5, 5.41) is 3.34. The maximum atomic E-state index is 14.3. The van der Waals surface area contributed by atoms with Crippen molar-refractivity contribution in [2.24, 2.45) is 5.41 Å². The lowest BCUT2D eigenvalue weighted by Crippen LogP contribution is -2.65. The van der Waals surface area contributed by atoms with Crippen LogP contribution in [0.15, 0.2) is 43.0 Å². The monoisotopic (exact) mass is 596 g/mol. The van der Waals surface area contributed by atoms with Crippen molar-refractivity contribution in [3.63, 3.8) is 0 Å². The number of rotatable bonds is 6. The summed E-state index contributed by atoms with van der Waals surface area (Å²) in [5.41, 5.74) is 2.59. The molecule has 0 bridgehead atoms. The van der Waals surface area contributed by atoms with Crippen LogP contribution < -0.4 is 19.7 Å².